The van der Waals surface area contributed by atoms with Gasteiger partial charge in [-0.25, -0.2) is 4.98 Å². The fourth-order valence-corrected chi connectivity index (χ4v) is 9.11. The van der Waals surface area contributed by atoms with Gasteiger partial charge in [0.2, 0.25) is 0 Å². The third-order valence-electron chi connectivity index (χ3n) is 10.9. The van der Waals surface area contributed by atoms with E-state index in [2.05, 4.69) is 205 Å². The molecule has 9 aromatic carbocycles. The molecule has 268 valence electrons. The minimum absolute atomic E-state index is 0.879. The minimum Gasteiger partial charge on any atom is -0.456 e. The molecule has 0 spiro atoms. The lowest BCUT2D eigenvalue weighted by molar-refractivity contribution is 0.669. The van der Waals surface area contributed by atoms with Gasteiger partial charge in [-0.2, -0.15) is 0 Å². The summed E-state index contributed by atoms with van der Waals surface area (Å²) in [5, 5.41) is 5.74. The smallest absolute Gasteiger partial charge is 0.137 e. The summed E-state index contributed by atoms with van der Waals surface area (Å²) in [7, 11) is 0. The van der Waals surface area contributed by atoms with Crippen molar-refractivity contribution in [3.05, 3.63) is 206 Å². The van der Waals surface area contributed by atoms with E-state index in [1.54, 1.807) is 11.3 Å². The first-order valence-corrected chi connectivity index (χ1v) is 20.0. The maximum atomic E-state index is 6.38. The molecule has 11 aromatic rings. The van der Waals surface area contributed by atoms with Crippen LogP contribution in [-0.2, 0) is 0 Å². The highest BCUT2D eigenvalue weighted by molar-refractivity contribution is 7.22. The Kier molecular flexibility index (Phi) is 8.01. The van der Waals surface area contributed by atoms with E-state index in [0.29, 0.717) is 0 Å². The van der Waals surface area contributed by atoms with Crippen LogP contribution in [-0.4, -0.2) is 4.98 Å². The number of hydrogen-bond acceptors (Lipinski definition) is 4. The van der Waals surface area contributed by atoms with Crippen LogP contribution in [0.5, 0.6) is 0 Å². The number of nitrogens with zero attached hydrogens (tertiary/aromatic N) is 2. The van der Waals surface area contributed by atoms with Crippen molar-refractivity contribution in [2.75, 3.05) is 4.90 Å². The first-order valence-electron chi connectivity index (χ1n) is 19.2. The summed E-state index contributed by atoms with van der Waals surface area (Å²) >= 11 is 1.72. The van der Waals surface area contributed by atoms with E-state index in [1.807, 2.05) is 6.07 Å². The van der Waals surface area contributed by atoms with E-state index < -0.39 is 0 Å². The second kappa shape index (κ2) is 13.8. The minimum atomic E-state index is 0.879. The van der Waals surface area contributed by atoms with E-state index in [-0.39, 0.29) is 0 Å². The van der Waals surface area contributed by atoms with E-state index >= 15 is 0 Å². The topological polar surface area (TPSA) is 29.3 Å². The van der Waals surface area contributed by atoms with Gasteiger partial charge in [-0.05, 0) is 111 Å². The second-order valence-corrected chi connectivity index (χ2v) is 15.4. The molecule has 0 radical (unpaired) electrons. The van der Waals surface area contributed by atoms with Crippen molar-refractivity contribution in [2.24, 2.45) is 0 Å². The Balaban J connectivity index is 0.966. The summed E-state index contributed by atoms with van der Waals surface area (Å²) in [6, 6.07) is 73.5. The van der Waals surface area contributed by atoms with Gasteiger partial charge >= 0.3 is 0 Å². The quantitative estimate of drug-likeness (QED) is 0.163. The van der Waals surface area contributed by atoms with Gasteiger partial charge in [-0.15, -0.1) is 11.3 Å². The van der Waals surface area contributed by atoms with E-state index in [4.69, 9.17) is 9.40 Å². The Morgan fingerprint density at radius 1 is 0.386 bits per heavy atom. The Labute approximate surface area is 334 Å². The highest BCUT2D eigenvalue weighted by atomic mass is 32.1. The molecule has 0 bridgehead atoms. The van der Waals surface area contributed by atoms with Gasteiger partial charge in [-0.1, -0.05) is 140 Å². The molecule has 3 nitrogen and oxygen atoms in total. The summed E-state index contributed by atoms with van der Waals surface area (Å²) in [6.07, 6.45) is 0. The molecular weight excluding hydrogens is 713 g/mol. The van der Waals surface area contributed by atoms with Gasteiger partial charge in [0.25, 0.3) is 0 Å². The van der Waals surface area contributed by atoms with Crippen LogP contribution in [0.15, 0.2) is 211 Å². The maximum Gasteiger partial charge on any atom is 0.137 e. The number of thiazole rings is 1. The van der Waals surface area contributed by atoms with Gasteiger partial charge in [-0.3, -0.25) is 0 Å². The average Bonchev–Trinajstić information content (AvgIpc) is 3.89. The van der Waals surface area contributed by atoms with Crippen LogP contribution in [0.3, 0.4) is 0 Å². The predicted molar refractivity (Wildman–Crippen MR) is 241 cm³/mol. The second-order valence-electron chi connectivity index (χ2n) is 14.4. The molecule has 0 atom stereocenters. The zero-order chi connectivity index (χ0) is 37.7. The van der Waals surface area contributed by atoms with Crippen molar-refractivity contribution in [2.45, 2.75) is 0 Å². The van der Waals surface area contributed by atoms with Crippen molar-refractivity contribution in [3.63, 3.8) is 0 Å². The molecule has 4 heteroatoms. The van der Waals surface area contributed by atoms with Crippen molar-refractivity contribution in [1.82, 2.24) is 4.98 Å². The molecule has 0 saturated heterocycles. The lowest BCUT2D eigenvalue weighted by Gasteiger charge is -2.26. The number of anilines is 3. The highest BCUT2D eigenvalue weighted by Gasteiger charge is 2.17. The van der Waals surface area contributed by atoms with Crippen molar-refractivity contribution >= 4 is 71.3 Å². The number of fused-ring (bicyclic) bond motifs is 6. The maximum absolute atomic E-state index is 6.38. The molecule has 0 saturated carbocycles. The molecule has 0 amide bonds. The molecule has 0 aliphatic carbocycles. The van der Waals surface area contributed by atoms with Crippen LogP contribution in [0, 0.1) is 0 Å². The number of hydrogen-bond donors (Lipinski definition) is 0. The number of aromatic nitrogens is 1. The SMILES string of the molecule is c1ccc(-c2ccc(N(c3ccc(-c4ccc5ccccc5c4)cc3)c3ccc(-c4ccc5oc6ccc7nc(-c8ccccc8)sc7c6c5c4)cc3)cc2)cc1. The highest BCUT2D eigenvalue weighted by Crippen LogP contribution is 2.42. The molecule has 2 aromatic heterocycles. The Hall–Kier alpha value is -7.27. The summed E-state index contributed by atoms with van der Waals surface area (Å²) in [6.45, 7) is 0. The van der Waals surface area contributed by atoms with Crippen LogP contribution in [0.25, 0.3) is 86.9 Å². The molecule has 0 N–H and O–H groups in total. The van der Waals surface area contributed by atoms with Crippen molar-refractivity contribution in [3.8, 4) is 44.0 Å². The molecule has 57 heavy (non-hydrogen) atoms. The third kappa shape index (κ3) is 6.04. The summed E-state index contributed by atoms with van der Waals surface area (Å²) in [4.78, 5) is 7.33. The molecule has 0 aliphatic heterocycles. The van der Waals surface area contributed by atoms with Crippen LogP contribution in [0.4, 0.5) is 17.1 Å². The standard InChI is InChI=1S/C53H34N2OS/c1-3-9-35(10-4-1)37-17-24-44(25-18-37)55(45-26-19-38(20-27-45)42-16-15-36-11-7-8-14-41(36)33-42)46-28-21-39(22-29-46)43-23-31-49-47(34-43)51-50(56-49)32-30-48-52(51)57-53(54-48)40-12-5-2-6-13-40/h1-34H. The molecule has 2 heterocycles. The van der Waals surface area contributed by atoms with Gasteiger partial charge in [0.15, 0.2) is 0 Å². The van der Waals surface area contributed by atoms with Crippen LogP contribution in [0.2, 0.25) is 0 Å². The Morgan fingerprint density at radius 2 is 0.877 bits per heavy atom. The molecular formula is C53H34N2OS. The average molecular weight is 747 g/mol. The molecule has 0 unspecified atom stereocenters. The van der Waals surface area contributed by atoms with Gasteiger partial charge in [0, 0.05) is 33.4 Å². The molecule has 0 fully saturated rings. The fraction of sp³-hybridized carbons (Fsp3) is 0. The first kappa shape index (κ1) is 33.1. The third-order valence-corrected chi connectivity index (χ3v) is 12.0. The van der Waals surface area contributed by atoms with E-state index in [9.17, 15) is 0 Å². The van der Waals surface area contributed by atoms with Gasteiger partial charge < -0.3 is 9.32 Å². The van der Waals surface area contributed by atoms with Gasteiger partial charge in [0.05, 0.1) is 10.2 Å². The number of rotatable bonds is 7. The van der Waals surface area contributed by atoms with Crippen molar-refractivity contribution in [1.29, 1.82) is 0 Å². The van der Waals surface area contributed by atoms with Crippen LogP contribution < -0.4 is 4.90 Å². The number of benzene rings is 9. The molecule has 0 aliphatic rings. The normalized spacial score (nSPS) is 11.5. The van der Waals surface area contributed by atoms with Crippen molar-refractivity contribution < 1.29 is 4.42 Å². The summed E-state index contributed by atoms with van der Waals surface area (Å²) in [5.41, 5.74) is 14.2. The fourth-order valence-electron chi connectivity index (χ4n) is 7.99. The summed E-state index contributed by atoms with van der Waals surface area (Å²) < 4.78 is 7.53. The first-order chi connectivity index (χ1) is 28.2. The lowest BCUT2D eigenvalue weighted by Crippen LogP contribution is -2.09. The van der Waals surface area contributed by atoms with Crippen LogP contribution >= 0.6 is 11.3 Å². The monoisotopic (exact) mass is 746 g/mol. The Bertz CT molecular complexity index is 3200. The summed E-state index contributed by atoms with van der Waals surface area (Å²) in [5.74, 6) is 0. The van der Waals surface area contributed by atoms with Crippen LogP contribution in [0.1, 0.15) is 0 Å². The Morgan fingerprint density at radius 3 is 1.53 bits per heavy atom. The zero-order valence-electron chi connectivity index (χ0n) is 30.8. The molecule has 11 rings (SSSR count). The van der Waals surface area contributed by atoms with E-state index in [1.165, 1.54) is 33.0 Å². The van der Waals surface area contributed by atoms with E-state index in [0.717, 1.165) is 70.9 Å². The number of furan rings is 1. The zero-order valence-corrected chi connectivity index (χ0v) is 31.7. The van der Waals surface area contributed by atoms with Gasteiger partial charge in [0.1, 0.15) is 16.2 Å². The lowest BCUT2D eigenvalue weighted by atomic mass is 10.0. The predicted octanol–water partition coefficient (Wildman–Crippen LogP) is 15.5. The largest absolute Gasteiger partial charge is 0.456 e.